The van der Waals surface area contributed by atoms with Crippen LogP contribution in [0.2, 0.25) is 0 Å². The van der Waals surface area contributed by atoms with Crippen LogP contribution in [0.5, 0.6) is 0 Å². The summed E-state index contributed by atoms with van der Waals surface area (Å²) in [4.78, 5) is 42.0. The number of nitrogens with zero attached hydrogens (tertiary/aromatic N) is 3. The van der Waals surface area contributed by atoms with Gasteiger partial charge in [-0.1, -0.05) is 0 Å². The number of esters is 1. The van der Waals surface area contributed by atoms with Crippen LogP contribution in [0, 0.1) is 17.1 Å². The van der Waals surface area contributed by atoms with E-state index in [2.05, 4.69) is 22.0 Å². The maximum atomic E-state index is 14.4. The minimum Gasteiger partial charge on any atom is -0.456 e. The molecule has 0 spiro atoms. The highest BCUT2D eigenvalue weighted by Crippen LogP contribution is 2.39. The Morgan fingerprint density at radius 3 is 2.30 bits per heavy atom. The third-order valence-corrected chi connectivity index (χ3v) is 6.85. The predicted molar refractivity (Wildman–Crippen MR) is 162 cm³/mol. The number of benzene rings is 1. The lowest BCUT2D eigenvalue weighted by atomic mass is 9.91. The number of nitrogens with one attached hydrogen (secondary N) is 3. The average Bonchev–Trinajstić information content (AvgIpc) is 3.20. The number of carbonyl (C=O) groups excluding carboxylic acids is 3. The normalized spacial score (nSPS) is 17.1. The molecule has 43 heavy (non-hydrogen) atoms. The van der Waals surface area contributed by atoms with Crippen LogP contribution in [-0.4, -0.2) is 66.5 Å². The molecule has 1 aromatic carbocycles. The lowest BCUT2D eigenvalue weighted by molar-refractivity contribution is 0.00703. The Kier molecular flexibility index (Phi) is 9.69. The number of anilines is 2. The van der Waals surface area contributed by atoms with Gasteiger partial charge in [0.2, 0.25) is 0 Å². The van der Waals surface area contributed by atoms with Crippen molar-refractivity contribution in [3.8, 4) is 6.07 Å². The van der Waals surface area contributed by atoms with Crippen molar-refractivity contribution < 1.29 is 28.2 Å². The standard InChI is InChI=1S/C31H43FN6O5/c1-29(2,3)42-27(40)22-23(34-8)24(25(39)35-9)38(17-20-15-21(32)12-11-19(20)16-33)26(22)37-14-10-13-31(7,18-37)36-28(41)43-30(4,5)6/h11-12,15,34H,10,13-14,17-18H2,1-9H3,(H,35,39)(H,36,41)/t31-/m1/s1. The van der Waals surface area contributed by atoms with Crippen molar-refractivity contribution in [1.82, 2.24) is 15.2 Å². The molecule has 12 heteroatoms. The summed E-state index contributed by atoms with van der Waals surface area (Å²) in [6, 6.07) is 5.90. The molecule has 234 valence electrons. The fraction of sp³-hybridized carbons (Fsp3) is 0.548. The third-order valence-electron chi connectivity index (χ3n) is 6.85. The molecule has 2 aromatic rings. The topological polar surface area (TPSA) is 138 Å². The molecule has 0 saturated carbocycles. The first kappa shape index (κ1) is 33.2. The van der Waals surface area contributed by atoms with Gasteiger partial charge in [-0.3, -0.25) is 4.79 Å². The van der Waals surface area contributed by atoms with E-state index >= 15 is 0 Å². The summed E-state index contributed by atoms with van der Waals surface area (Å²) in [7, 11) is 3.06. The second-order valence-corrected chi connectivity index (χ2v) is 13.0. The highest BCUT2D eigenvalue weighted by atomic mass is 19.1. The summed E-state index contributed by atoms with van der Waals surface area (Å²) in [5.74, 6) is -1.36. The molecule has 3 N–H and O–H groups in total. The summed E-state index contributed by atoms with van der Waals surface area (Å²) in [5, 5.41) is 18.4. The quantitative estimate of drug-likeness (QED) is 0.387. The van der Waals surface area contributed by atoms with Gasteiger partial charge in [-0.15, -0.1) is 0 Å². The lowest BCUT2D eigenvalue weighted by Gasteiger charge is -2.42. The fourth-order valence-corrected chi connectivity index (χ4v) is 5.25. The molecule has 1 aliphatic heterocycles. The van der Waals surface area contributed by atoms with Crippen LogP contribution in [0.1, 0.15) is 93.3 Å². The van der Waals surface area contributed by atoms with Gasteiger partial charge >= 0.3 is 12.1 Å². The van der Waals surface area contributed by atoms with E-state index in [1.807, 2.05) is 11.8 Å². The van der Waals surface area contributed by atoms with Crippen LogP contribution in [-0.2, 0) is 16.0 Å². The lowest BCUT2D eigenvalue weighted by Crippen LogP contribution is -2.58. The van der Waals surface area contributed by atoms with Crippen molar-refractivity contribution in [1.29, 1.82) is 5.26 Å². The van der Waals surface area contributed by atoms with E-state index < -0.39 is 40.5 Å². The Bertz CT molecular complexity index is 1430. The van der Waals surface area contributed by atoms with Crippen LogP contribution >= 0.6 is 0 Å². The molecule has 0 aliphatic carbocycles. The monoisotopic (exact) mass is 598 g/mol. The number of aromatic nitrogens is 1. The summed E-state index contributed by atoms with van der Waals surface area (Å²) >= 11 is 0. The predicted octanol–water partition coefficient (Wildman–Crippen LogP) is 4.79. The number of piperidine rings is 1. The highest BCUT2D eigenvalue weighted by Gasteiger charge is 2.40. The van der Waals surface area contributed by atoms with Crippen LogP contribution in [0.15, 0.2) is 18.2 Å². The molecule has 0 radical (unpaired) electrons. The van der Waals surface area contributed by atoms with E-state index in [0.717, 1.165) is 0 Å². The SMILES string of the molecule is CNC(=O)c1c(NC)c(C(=O)OC(C)(C)C)c(N2CCC[C@@](C)(NC(=O)OC(C)(C)C)C2)n1Cc1cc(F)ccc1C#N. The zero-order chi connectivity index (χ0) is 32.3. The smallest absolute Gasteiger partial charge is 0.408 e. The largest absolute Gasteiger partial charge is 0.456 e. The van der Waals surface area contributed by atoms with Crippen molar-refractivity contribution in [2.45, 2.75) is 84.6 Å². The number of halogens is 1. The summed E-state index contributed by atoms with van der Waals surface area (Å²) < 4.78 is 27.4. The molecule has 2 heterocycles. The Morgan fingerprint density at radius 1 is 1.09 bits per heavy atom. The number of hydrogen-bond donors (Lipinski definition) is 3. The molecular formula is C31H43FN6O5. The molecule has 2 amide bonds. The van der Waals surface area contributed by atoms with Gasteiger partial charge in [0.1, 0.15) is 34.1 Å². The van der Waals surface area contributed by atoms with Crippen molar-refractivity contribution in [2.24, 2.45) is 0 Å². The minimum absolute atomic E-state index is 0.0943. The number of carbonyl (C=O) groups is 3. The molecule has 3 rings (SSSR count). The zero-order valence-electron chi connectivity index (χ0n) is 26.5. The molecule has 0 unspecified atom stereocenters. The Hall–Kier alpha value is -4.27. The van der Waals surface area contributed by atoms with Gasteiger partial charge in [0.25, 0.3) is 5.91 Å². The van der Waals surface area contributed by atoms with Crippen LogP contribution in [0.3, 0.4) is 0 Å². The van der Waals surface area contributed by atoms with E-state index in [4.69, 9.17) is 9.47 Å². The molecule has 1 saturated heterocycles. The maximum Gasteiger partial charge on any atom is 0.408 e. The molecule has 1 aromatic heterocycles. The van der Waals surface area contributed by atoms with Crippen LogP contribution in [0.4, 0.5) is 20.7 Å². The van der Waals surface area contributed by atoms with Crippen molar-refractivity contribution in [3.05, 3.63) is 46.4 Å². The summed E-state index contributed by atoms with van der Waals surface area (Å²) in [6.07, 6.45) is 0.702. The van der Waals surface area contributed by atoms with Gasteiger partial charge in [-0.05, 0) is 85.1 Å². The maximum absolute atomic E-state index is 14.4. The van der Waals surface area contributed by atoms with E-state index in [1.54, 1.807) is 53.2 Å². The van der Waals surface area contributed by atoms with Crippen LogP contribution in [0.25, 0.3) is 0 Å². The van der Waals surface area contributed by atoms with Gasteiger partial charge in [-0.2, -0.15) is 5.26 Å². The molecule has 1 atom stereocenters. The number of alkyl carbamates (subject to hydrolysis) is 1. The molecule has 1 aliphatic rings. The van der Waals surface area contributed by atoms with Crippen molar-refractivity contribution >= 4 is 29.5 Å². The Balaban J connectivity index is 2.28. The highest BCUT2D eigenvalue weighted by molar-refractivity contribution is 6.10. The Labute approximate surface area is 252 Å². The molecule has 0 bridgehead atoms. The summed E-state index contributed by atoms with van der Waals surface area (Å²) in [6.45, 7) is 13.1. The first-order chi connectivity index (χ1) is 19.9. The van der Waals surface area contributed by atoms with Gasteiger partial charge in [0.15, 0.2) is 0 Å². The average molecular weight is 599 g/mol. The van der Waals surface area contributed by atoms with Gasteiger partial charge in [-0.25, -0.2) is 14.0 Å². The van der Waals surface area contributed by atoms with Crippen molar-refractivity contribution in [2.75, 3.05) is 37.4 Å². The first-order valence-electron chi connectivity index (χ1n) is 14.3. The van der Waals surface area contributed by atoms with E-state index in [0.29, 0.717) is 30.8 Å². The van der Waals surface area contributed by atoms with Gasteiger partial charge < -0.3 is 34.9 Å². The van der Waals surface area contributed by atoms with E-state index in [-0.39, 0.29) is 35.6 Å². The second-order valence-electron chi connectivity index (χ2n) is 13.0. The fourth-order valence-electron chi connectivity index (χ4n) is 5.25. The minimum atomic E-state index is -0.847. The van der Waals surface area contributed by atoms with Gasteiger partial charge in [0, 0.05) is 27.2 Å². The third kappa shape index (κ3) is 7.97. The first-order valence-corrected chi connectivity index (χ1v) is 14.3. The van der Waals surface area contributed by atoms with Crippen LogP contribution < -0.4 is 20.9 Å². The van der Waals surface area contributed by atoms with E-state index in [9.17, 15) is 24.0 Å². The Morgan fingerprint density at radius 2 is 1.74 bits per heavy atom. The van der Waals surface area contributed by atoms with Gasteiger partial charge in [0.05, 0.1) is 29.4 Å². The molecule has 11 nitrogen and oxygen atoms in total. The molecule has 1 fully saturated rings. The number of amides is 2. The van der Waals surface area contributed by atoms with E-state index in [1.165, 1.54) is 25.2 Å². The second kappa shape index (κ2) is 12.5. The number of ether oxygens (including phenoxy) is 2. The zero-order valence-corrected chi connectivity index (χ0v) is 26.5. The number of nitriles is 1. The number of hydrogen-bond acceptors (Lipinski definition) is 8. The molecular weight excluding hydrogens is 555 g/mol. The van der Waals surface area contributed by atoms with Crippen molar-refractivity contribution in [3.63, 3.8) is 0 Å². The summed E-state index contributed by atoms with van der Waals surface area (Å²) in [5.41, 5.74) is -1.29. The number of rotatable bonds is 7.